The topological polar surface area (TPSA) is 59.6 Å². The van der Waals surface area contributed by atoms with Gasteiger partial charge < -0.3 is 25.8 Å². The third kappa shape index (κ3) is 7.11. The number of hydrogen-bond acceptors (Lipinski definition) is 5. The molecule has 0 aromatic carbocycles. The fourth-order valence-corrected chi connectivity index (χ4v) is 8.62. The zero-order chi connectivity index (χ0) is 26.6. The first-order valence-electron chi connectivity index (χ1n) is 16.2. The Balaban J connectivity index is 1.17. The lowest BCUT2D eigenvalue weighted by atomic mass is 9.76. The number of carbonyl (C=O) groups is 1. The molecule has 5 fully saturated rings. The molecule has 3 N–H and O–H groups in total. The number of piperidine rings is 1. The molecule has 3 heterocycles. The van der Waals surface area contributed by atoms with Crippen molar-refractivity contribution in [3.63, 3.8) is 0 Å². The van der Waals surface area contributed by atoms with Gasteiger partial charge in [-0.1, -0.05) is 46.0 Å². The third-order valence-corrected chi connectivity index (χ3v) is 11.1. The summed E-state index contributed by atoms with van der Waals surface area (Å²) >= 11 is 0. The van der Waals surface area contributed by atoms with E-state index in [1.54, 1.807) is 0 Å². The summed E-state index contributed by atoms with van der Waals surface area (Å²) in [7, 11) is 2.22. The third-order valence-electron chi connectivity index (χ3n) is 11.1. The molecule has 0 spiro atoms. The molecule has 6 nitrogen and oxygen atoms in total. The number of nitrogens with one attached hydrogen (secondary N) is 3. The molecule has 7 heteroatoms. The van der Waals surface area contributed by atoms with Gasteiger partial charge in [-0.25, -0.2) is 4.39 Å². The Morgan fingerprint density at radius 1 is 0.974 bits per heavy atom. The molecule has 3 saturated heterocycles. The number of halogens is 1. The van der Waals surface area contributed by atoms with E-state index in [4.69, 9.17) is 0 Å². The van der Waals surface area contributed by atoms with Crippen LogP contribution in [0.15, 0.2) is 0 Å². The van der Waals surface area contributed by atoms with Crippen molar-refractivity contribution in [2.75, 3.05) is 46.3 Å². The van der Waals surface area contributed by atoms with Crippen LogP contribution in [0, 0.1) is 29.6 Å². The summed E-state index contributed by atoms with van der Waals surface area (Å²) in [5.74, 6) is 2.54. The molecule has 2 aliphatic carbocycles. The maximum atomic E-state index is 14.7. The standard InChI is InChI=1S/C31H56FN5O/c1-21-9-10-26(32)25-19-28(34-29(21)25)31(38)35-27(18-23-7-5-4-6-8-23)30-22(2)17-24(20-33-30)11-12-37-15-13-36(3)14-16-37/h21-30,33-34H,4-20H2,1-3H3,(H,35,38). The van der Waals surface area contributed by atoms with Gasteiger partial charge in [0.2, 0.25) is 5.91 Å². The predicted molar refractivity (Wildman–Crippen MR) is 153 cm³/mol. The lowest BCUT2D eigenvalue weighted by molar-refractivity contribution is -0.124. The molecule has 218 valence electrons. The van der Waals surface area contributed by atoms with Gasteiger partial charge in [0.1, 0.15) is 6.17 Å². The Kier molecular flexibility index (Phi) is 10.0. The van der Waals surface area contributed by atoms with Gasteiger partial charge in [0, 0.05) is 50.2 Å². The number of rotatable bonds is 8. The molecule has 9 unspecified atom stereocenters. The number of carbonyl (C=O) groups excluding carboxylic acids is 1. The lowest BCUT2D eigenvalue weighted by Crippen LogP contribution is -2.59. The van der Waals surface area contributed by atoms with E-state index in [0.29, 0.717) is 36.6 Å². The first-order chi connectivity index (χ1) is 18.4. The number of piperazine rings is 1. The number of alkyl halides is 1. The van der Waals surface area contributed by atoms with E-state index in [9.17, 15) is 9.18 Å². The fraction of sp³-hybridized carbons (Fsp3) is 0.968. The van der Waals surface area contributed by atoms with Crippen LogP contribution in [-0.4, -0.2) is 92.4 Å². The fourth-order valence-electron chi connectivity index (χ4n) is 8.62. The second kappa shape index (κ2) is 13.3. The number of fused-ring (bicyclic) bond motifs is 1. The van der Waals surface area contributed by atoms with Crippen LogP contribution in [0.25, 0.3) is 0 Å². The predicted octanol–water partition coefficient (Wildman–Crippen LogP) is 3.81. The van der Waals surface area contributed by atoms with Crippen molar-refractivity contribution >= 4 is 5.91 Å². The van der Waals surface area contributed by atoms with Crippen LogP contribution in [0.4, 0.5) is 4.39 Å². The van der Waals surface area contributed by atoms with Crippen molar-refractivity contribution in [2.24, 2.45) is 29.6 Å². The van der Waals surface area contributed by atoms with Gasteiger partial charge in [-0.15, -0.1) is 0 Å². The normalized spacial score (nSPS) is 40.5. The first kappa shape index (κ1) is 28.8. The van der Waals surface area contributed by atoms with Crippen LogP contribution in [-0.2, 0) is 4.79 Å². The molecule has 0 aromatic heterocycles. The maximum absolute atomic E-state index is 14.7. The molecule has 1 amide bonds. The molecule has 0 bridgehead atoms. The Labute approximate surface area is 231 Å². The Hall–Kier alpha value is -0.760. The van der Waals surface area contributed by atoms with E-state index in [1.165, 1.54) is 77.7 Å². The van der Waals surface area contributed by atoms with Crippen molar-refractivity contribution in [3.8, 4) is 0 Å². The van der Waals surface area contributed by atoms with Crippen LogP contribution >= 0.6 is 0 Å². The number of amides is 1. The highest BCUT2D eigenvalue weighted by Crippen LogP contribution is 2.39. The Morgan fingerprint density at radius 2 is 1.74 bits per heavy atom. The van der Waals surface area contributed by atoms with Gasteiger partial charge in [-0.05, 0) is 82.3 Å². The molecule has 0 radical (unpaired) electrons. The number of likely N-dealkylation sites (N-methyl/N-ethyl adjacent to an activating group) is 1. The van der Waals surface area contributed by atoms with Crippen molar-refractivity contribution in [2.45, 2.75) is 115 Å². The summed E-state index contributed by atoms with van der Waals surface area (Å²) in [6.07, 6.45) is 11.7. The zero-order valence-electron chi connectivity index (χ0n) is 24.5. The van der Waals surface area contributed by atoms with Gasteiger partial charge in [0.05, 0.1) is 6.04 Å². The molecule has 38 heavy (non-hydrogen) atoms. The van der Waals surface area contributed by atoms with Crippen molar-refractivity contribution in [3.05, 3.63) is 0 Å². The zero-order valence-corrected chi connectivity index (χ0v) is 24.5. The molecule has 3 aliphatic heterocycles. The SMILES string of the molecule is CC1CC(CCN2CCN(C)CC2)CNC1C(CC1CCCCC1)NC(=O)C1CC2C(F)CCC(C)C2N1. The quantitative estimate of drug-likeness (QED) is 0.443. The summed E-state index contributed by atoms with van der Waals surface area (Å²) < 4.78 is 14.7. The number of nitrogens with zero attached hydrogens (tertiary/aromatic N) is 2. The van der Waals surface area contributed by atoms with Crippen LogP contribution in [0.2, 0.25) is 0 Å². The summed E-state index contributed by atoms with van der Waals surface area (Å²) in [5, 5.41) is 11.1. The smallest absolute Gasteiger partial charge is 0.237 e. The minimum Gasteiger partial charge on any atom is -0.350 e. The van der Waals surface area contributed by atoms with Gasteiger partial charge in [-0.3, -0.25) is 4.79 Å². The summed E-state index contributed by atoms with van der Waals surface area (Å²) in [6, 6.07) is 0.409. The van der Waals surface area contributed by atoms with Crippen molar-refractivity contribution < 1.29 is 9.18 Å². The van der Waals surface area contributed by atoms with Gasteiger partial charge in [0.15, 0.2) is 0 Å². The average Bonchev–Trinajstić information content (AvgIpc) is 3.38. The van der Waals surface area contributed by atoms with Gasteiger partial charge in [0.25, 0.3) is 0 Å². The monoisotopic (exact) mass is 533 g/mol. The van der Waals surface area contributed by atoms with E-state index in [-0.39, 0.29) is 30.0 Å². The molecule has 9 atom stereocenters. The molecular weight excluding hydrogens is 477 g/mol. The van der Waals surface area contributed by atoms with Gasteiger partial charge in [-0.2, -0.15) is 0 Å². The molecule has 2 saturated carbocycles. The second-order valence-corrected chi connectivity index (χ2v) is 14.0. The molecular formula is C31H56FN5O. The summed E-state index contributed by atoms with van der Waals surface area (Å²) in [4.78, 5) is 18.7. The van der Waals surface area contributed by atoms with Crippen LogP contribution in [0.1, 0.15) is 84.5 Å². The first-order valence-corrected chi connectivity index (χ1v) is 16.2. The number of hydrogen-bond donors (Lipinski definition) is 3. The highest BCUT2D eigenvalue weighted by Gasteiger charge is 2.47. The van der Waals surface area contributed by atoms with Crippen LogP contribution in [0.3, 0.4) is 0 Å². The summed E-state index contributed by atoms with van der Waals surface area (Å²) in [6.45, 7) is 11.7. The van der Waals surface area contributed by atoms with Crippen LogP contribution < -0.4 is 16.0 Å². The van der Waals surface area contributed by atoms with Crippen molar-refractivity contribution in [1.82, 2.24) is 25.8 Å². The van der Waals surface area contributed by atoms with E-state index < -0.39 is 6.17 Å². The van der Waals surface area contributed by atoms with E-state index in [1.807, 2.05) is 0 Å². The molecule has 5 aliphatic rings. The maximum Gasteiger partial charge on any atom is 0.237 e. The molecule has 0 aromatic rings. The average molecular weight is 534 g/mol. The highest BCUT2D eigenvalue weighted by molar-refractivity contribution is 5.82. The van der Waals surface area contributed by atoms with E-state index in [2.05, 4.69) is 46.6 Å². The second-order valence-electron chi connectivity index (χ2n) is 14.0. The highest BCUT2D eigenvalue weighted by atomic mass is 19.1. The van der Waals surface area contributed by atoms with Crippen molar-refractivity contribution in [1.29, 1.82) is 0 Å². The summed E-state index contributed by atoms with van der Waals surface area (Å²) in [5.41, 5.74) is 0. The molecule has 5 rings (SSSR count). The Bertz CT molecular complexity index is 737. The largest absolute Gasteiger partial charge is 0.350 e. The Morgan fingerprint density at radius 3 is 2.45 bits per heavy atom. The minimum absolute atomic E-state index is 0.000847. The minimum atomic E-state index is -0.762. The van der Waals surface area contributed by atoms with Gasteiger partial charge >= 0.3 is 0 Å². The van der Waals surface area contributed by atoms with Crippen LogP contribution in [0.5, 0.6) is 0 Å². The lowest BCUT2D eigenvalue weighted by Gasteiger charge is -2.42. The van der Waals surface area contributed by atoms with E-state index >= 15 is 0 Å². The van der Waals surface area contributed by atoms with E-state index in [0.717, 1.165) is 25.3 Å².